The number of ether oxygens (including phenoxy) is 1. The molecular formula is C17H17BrO2. The standard InChI is InChI=1S/C17H17BrO2/c1-3-20-16-10-9-14(11-15(16)18)17(19)12(2)13-7-5-4-6-8-13/h4-12H,3H2,1-2H3. The molecule has 0 aliphatic carbocycles. The summed E-state index contributed by atoms with van der Waals surface area (Å²) >= 11 is 3.44. The highest BCUT2D eigenvalue weighted by atomic mass is 79.9. The lowest BCUT2D eigenvalue weighted by Gasteiger charge is -2.12. The molecule has 0 spiro atoms. The van der Waals surface area contributed by atoms with Crippen molar-refractivity contribution in [2.24, 2.45) is 0 Å². The van der Waals surface area contributed by atoms with Crippen molar-refractivity contribution in [1.29, 1.82) is 0 Å². The van der Waals surface area contributed by atoms with Crippen molar-refractivity contribution in [3.05, 3.63) is 64.1 Å². The summed E-state index contributed by atoms with van der Waals surface area (Å²) in [5, 5.41) is 0. The smallest absolute Gasteiger partial charge is 0.170 e. The maximum absolute atomic E-state index is 12.5. The Morgan fingerprint density at radius 2 is 1.90 bits per heavy atom. The summed E-state index contributed by atoms with van der Waals surface area (Å²) in [7, 11) is 0. The monoisotopic (exact) mass is 332 g/mol. The maximum atomic E-state index is 12.5. The third-order valence-electron chi connectivity index (χ3n) is 3.21. The fourth-order valence-electron chi connectivity index (χ4n) is 2.07. The number of hydrogen-bond donors (Lipinski definition) is 0. The number of ketones is 1. The van der Waals surface area contributed by atoms with E-state index in [1.807, 2.05) is 62.4 Å². The summed E-state index contributed by atoms with van der Waals surface area (Å²) in [5.41, 5.74) is 1.72. The molecule has 104 valence electrons. The second-order valence-corrected chi connectivity index (χ2v) is 5.43. The topological polar surface area (TPSA) is 26.3 Å². The summed E-state index contributed by atoms with van der Waals surface area (Å²) in [6.07, 6.45) is 0. The van der Waals surface area contributed by atoms with Crippen LogP contribution in [0.1, 0.15) is 35.7 Å². The van der Waals surface area contributed by atoms with Crippen molar-refractivity contribution in [3.63, 3.8) is 0 Å². The van der Waals surface area contributed by atoms with Crippen LogP contribution in [-0.2, 0) is 0 Å². The van der Waals surface area contributed by atoms with Crippen LogP contribution in [0.3, 0.4) is 0 Å². The van der Waals surface area contributed by atoms with Gasteiger partial charge in [0.15, 0.2) is 5.78 Å². The Hall–Kier alpha value is -1.61. The zero-order chi connectivity index (χ0) is 14.5. The van der Waals surface area contributed by atoms with Gasteiger partial charge in [-0.05, 0) is 46.6 Å². The third kappa shape index (κ3) is 3.28. The molecule has 0 N–H and O–H groups in total. The van der Waals surface area contributed by atoms with Crippen LogP contribution in [0.25, 0.3) is 0 Å². The van der Waals surface area contributed by atoms with Crippen LogP contribution >= 0.6 is 15.9 Å². The van der Waals surface area contributed by atoms with Crippen molar-refractivity contribution in [2.45, 2.75) is 19.8 Å². The van der Waals surface area contributed by atoms with E-state index in [1.165, 1.54) is 0 Å². The molecule has 2 rings (SSSR count). The minimum absolute atomic E-state index is 0.111. The van der Waals surface area contributed by atoms with Crippen LogP contribution in [0.5, 0.6) is 5.75 Å². The molecule has 2 nitrogen and oxygen atoms in total. The van der Waals surface area contributed by atoms with E-state index in [0.717, 1.165) is 15.8 Å². The van der Waals surface area contributed by atoms with Crippen LogP contribution in [0, 0.1) is 0 Å². The molecule has 0 heterocycles. The fraction of sp³-hybridized carbons (Fsp3) is 0.235. The highest BCUT2D eigenvalue weighted by molar-refractivity contribution is 9.10. The van der Waals surface area contributed by atoms with Gasteiger partial charge in [-0.2, -0.15) is 0 Å². The van der Waals surface area contributed by atoms with E-state index in [0.29, 0.717) is 12.2 Å². The first-order valence-electron chi connectivity index (χ1n) is 6.65. The molecule has 0 fully saturated rings. The number of rotatable bonds is 5. The predicted molar refractivity (Wildman–Crippen MR) is 84.5 cm³/mol. The molecule has 0 radical (unpaired) electrons. The molecule has 3 heteroatoms. The normalized spacial score (nSPS) is 11.9. The van der Waals surface area contributed by atoms with Gasteiger partial charge in [0.1, 0.15) is 5.75 Å². The van der Waals surface area contributed by atoms with Crippen LogP contribution in [-0.4, -0.2) is 12.4 Å². The van der Waals surface area contributed by atoms with Gasteiger partial charge in [-0.15, -0.1) is 0 Å². The Labute approximate surface area is 127 Å². The molecule has 2 aromatic rings. The van der Waals surface area contributed by atoms with Crippen molar-refractivity contribution < 1.29 is 9.53 Å². The van der Waals surface area contributed by atoms with Crippen molar-refractivity contribution in [3.8, 4) is 5.75 Å². The summed E-state index contributed by atoms with van der Waals surface area (Å²) < 4.78 is 6.27. The molecule has 0 aromatic heterocycles. The first kappa shape index (κ1) is 14.8. The molecule has 0 aliphatic heterocycles. The lowest BCUT2D eigenvalue weighted by Crippen LogP contribution is -2.09. The first-order valence-corrected chi connectivity index (χ1v) is 7.44. The van der Waals surface area contributed by atoms with Crippen molar-refractivity contribution in [2.75, 3.05) is 6.61 Å². The average molecular weight is 333 g/mol. The minimum atomic E-state index is -0.152. The number of carbonyl (C=O) groups excluding carboxylic acids is 1. The van der Waals surface area contributed by atoms with Crippen molar-refractivity contribution >= 4 is 21.7 Å². The molecule has 2 aromatic carbocycles. The number of Topliss-reactive ketones (excluding diaryl/α,β-unsaturated/α-hetero) is 1. The second kappa shape index (κ2) is 6.71. The van der Waals surface area contributed by atoms with Gasteiger partial charge < -0.3 is 4.74 Å². The zero-order valence-corrected chi connectivity index (χ0v) is 13.2. The Kier molecular flexibility index (Phi) is 4.96. The number of benzene rings is 2. The van der Waals surface area contributed by atoms with Crippen LogP contribution in [0.4, 0.5) is 0 Å². The largest absolute Gasteiger partial charge is 0.493 e. The minimum Gasteiger partial charge on any atom is -0.493 e. The summed E-state index contributed by atoms with van der Waals surface area (Å²) in [6, 6.07) is 15.3. The molecular weight excluding hydrogens is 316 g/mol. The predicted octanol–water partition coefficient (Wildman–Crippen LogP) is 4.83. The lowest BCUT2D eigenvalue weighted by atomic mass is 9.92. The number of hydrogen-bond acceptors (Lipinski definition) is 2. The van der Waals surface area contributed by atoms with Gasteiger partial charge in [-0.1, -0.05) is 37.3 Å². The van der Waals surface area contributed by atoms with Gasteiger partial charge >= 0.3 is 0 Å². The Balaban J connectivity index is 2.23. The summed E-state index contributed by atoms with van der Waals surface area (Å²) in [5.74, 6) is 0.720. The molecule has 0 saturated heterocycles. The second-order valence-electron chi connectivity index (χ2n) is 4.57. The maximum Gasteiger partial charge on any atom is 0.170 e. The van der Waals surface area contributed by atoms with E-state index >= 15 is 0 Å². The van der Waals surface area contributed by atoms with Crippen molar-refractivity contribution in [1.82, 2.24) is 0 Å². The molecule has 0 saturated carbocycles. The van der Waals surface area contributed by atoms with E-state index < -0.39 is 0 Å². The van der Waals surface area contributed by atoms with Gasteiger partial charge in [0.05, 0.1) is 11.1 Å². The van der Waals surface area contributed by atoms with Crippen LogP contribution in [0.15, 0.2) is 53.0 Å². The third-order valence-corrected chi connectivity index (χ3v) is 3.83. The molecule has 0 aliphatic rings. The summed E-state index contributed by atoms with van der Waals surface area (Å²) in [4.78, 5) is 12.5. The van der Waals surface area contributed by atoms with Gasteiger partial charge in [-0.3, -0.25) is 4.79 Å². The molecule has 1 atom stereocenters. The SMILES string of the molecule is CCOc1ccc(C(=O)C(C)c2ccccc2)cc1Br. The molecule has 0 bridgehead atoms. The number of carbonyl (C=O) groups is 1. The molecule has 1 unspecified atom stereocenters. The van der Waals surface area contributed by atoms with Gasteiger partial charge in [0.25, 0.3) is 0 Å². The highest BCUT2D eigenvalue weighted by Gasteiger charge is 2.18. The van der Waals surface area contributed by atoms with E-state index in [1.54, 1.807) is 0 Å². The van der Waals surface area contributed by atoms with Crippen LogP contribution in [0.2, 0.25) is 0 Å². The lowest BCUT2D eigenvalue weighted by molar-refractivity contribution is 0.0966. The fourth-order valence-corrected chi connectivity index (χ4v) is 2.56. The number of halogens is 1. The van der Waals surface area contributed by atoms with Gasteiger partial charge in [0.2, 0.25) is 0 Å². The average Bonchev–Trinajstić information content (AvgIpc) is 2.49. The molecule has 20 heavy (non-hydrogen) atoms. The van der Waals surface area contributed by atoms with Gasteiger partial charge in [-0.25, -0.2) is 0 Å². The molecule has 0 amide bonds. The van der Waals surface area contributed by atoms with E-state index in [4.69, 9.17) is 4.74 Å². The highest BCUT2D eigenvalue weighted by Crippen LogP contribution is 2.28. The van der Waals surface area contributed by atoms with E-state index in [2.05, 4.69) is 15.9 Å². The quantitative estimate of drug-likeness (QED) is 0.732. The van der Waals surface area contributed by atoms with E-state index in [-0.39, 0.29) is 11.7 Å². The summed E-state index contributed by atoms with van der Waals surface area (Å²) in [6.45, 7) is 4.47. The Morgan fingerprint density at radius 3 is 2.50 bits per heavy atom. The Morgan fingerprint density at radius 1 is 1.20 bits per heavy atom. The first-order chi connectivity index (χ1) is 9.63. The Bertz CT molecular complexity index is 593. The van der Waals surface area contributed by atoms with Crippen LogP contribution < -0.4 is 4.74 Å². The van der Waals surface area contributed by atoms with E-state index in [9.17, 15) is 4.79 Å². The van der Waals surface area contributed by atoms with Gasteiger partial charge in [0, 0.05) is 11.5 Å². The zero-order valence-electron chi connectivity index (χ0n) is 11.6.